The molecule has 0 bridgehead atoms. The summed E-state index contributed by atoms with van der Waals surface area (Å²) in [5.41, 5.74) is 1.09. The van der Waals surface area contributed by atoms with E-state index in [0.29, 0.717) is 5.75 Å². The van der Waals surface area contributed by atoms with E-state index in [2.05, 4.69) is 5.32 Å². The van der Waals surface area contributed by atoms with Gasteiger partial charge in [-0.15, -0.1) is 0 Å². The summed E-state index contributed by atoms with van der Waals surface area (Å²) >= 11 is 0. The molecule has 0 saturated carbocycles. The Morgan fingerprint density at radius 3 is 2.43 bits per heavy atom. The Kier molecular flexibility index (Phi) is 7.11. The summed E-state index contributed by atoms with van der Waals surface area (Å²) < 4.78 is 36.8. The van der Waals surface area contributed by atoms with Crippen LogP contribution >= 0.6 is 0 Å². The molecule has 162 valence electrons. The van der Waals surface area contributed by atoms with E-state index in [9.17, 15) is 18.0 Å². The van der Waals surface area contributed by atoms with Crippen molar-refractivity contribution in [2.45, 2.75) is 6.92 Å². The fourth-order valence-corrected chi connectivity index (χ4v) is 4.35. The summed E-state index contributed by atoms with van der Waals surface area (Å²) in [7, 11) is -3.54. The Morgan fingerprint density at radius 1 is 1.10 bits per heavy atom. The number of carbonyl (C=O) groups excluding carboxylic acids is 2. The van der Waals surface area contributed by atoms with Gasteiger partial charge in [0.25, 0.3) is 11.8 Å². The maximum atomic E-state index is 12.5. The third kappa shape index (κ3) is 5.83. The average Bonchev–Trinajstić information content (AvgIpc) is 3.28. The molecule has 0 atom stereocenters. The highest BCUT2D eigenvalue weighted by Crippen LogP contribution is 2.13. The Balaban J connectivity index is 1.38. The zero-order valence-corrected chi connectivity index (χ0v) is 17.6. The minimum absolute atomic E-state index is 0.00996. The topological polar surface area (TPSA) is 109 Å². The number of rotatable bonds is 8. The van der Waals surface area contributed by atoms with Crippen LogP contribution in [0.5, 0.6) is 5.75 Å². The number of sulfonamides is 1. The first-order valence-electron chi connectivity index (χ1n) is 9.62. The molecule has 10 heteroatoms. The number of ether oxygens (including phenoxy) is 1. The fourth-order valence-electron chi connectivity index (χ4n) is 3.01. The van der Waals surface area contributed by atoms with Gasteiger partial charge in [0.2, 0.25) is 10.0 Å². The number of nitrogens with zero attached hydrogens (tertiary/aromatic N) is 2. The van der Waals surface area contributed by atoms with E-state index in [4.69, 9.17) is 9.15 Å². The van der Waals surface area contributed by atoms with E-state index in [1.54, 1.807) is 29.2 Å². The minimum atomic E-state index is -3.54. The van der Waals surface area contributed by atoms with Gasteiger partial charge >= 0.3 is 0 Å². The number of furan rings is 1. The number of nitrogens with one attached hydrogen (secondary N) is 1. The molecule has 2 aromatic rings. The molecule has 2 heterocycles. The van der Waals surface area contributed by atoms with Crippen LogP contribution < -0.4 is 10.1 Å². The molecule has 1 aliphatic rings. The highest BCUT2D eigenvalue weighted by Gasteiger charge is 2.29. The van der Waals surface area contributed by atoms with E-state index < -0.39 is 10.0 Å². The minimum Gasteiger partial charge on any atom is -0.484 e. The van der Waals surface area contributed by atoms with Crippen molar-refractivity contribution in [3.63, 3.8) is 0 Å². The second-order valence-electron chi connectivity index (χ2n) is 6.94. The normalized spacial score (nSPS) is 15.0. The second kappa shape index (κ2) is 9.77. The SMILES string of the molecule is Cc1ccc(OCC(=O)NCCS(=O)(=O)N2CCN(C(=O)c3ccco3)CC2)cc1. The number of hydrogen-bond acceptors (Lipinski definition) is 6. The number of piperazine rings is 1. The quantitative estimate of drug-likeness (QED) is 0.659. The molecule has 0 unspecified atom stereocenters. The highest BCUT2D eigenvalue weighted by molar-refractivity contribution is 7.89. The number of benzene rings is 1. The zero-order chi connectivity index (χ0) is 21.6. The molecule has 1 N–H and O–H groups in total. The second-order valence-corrected chi connectivity index (χ2v) is 9.02. The van der Waals surface area contributed by atoms with Crippen LogP contribution in [0.1, 0.15) is 16.1 Å². The van der Waals surface area contributed by atoms with Gasteiger partial charge in [-0.1, -0.05) is 17.7 Å². The van der Waals surface area contributed by atoms with Crippen molar-refractivity contribution in [1.82, 2.24) is 14.5 Å². The van der Waals surface area contributed by atoms with Crippen LogP contribution in [0, 0.1) is 6.92 Å². The molecule has 30 heavy (non-hydrogen) atoms. The molecule has 1 saturated heterocycles. The smallest absolute Gasteiger partial charge is 0.289 e. The van der Waals surface area contributed by atoms with E-state index in [0.717, 1.165) is 5.56 Å². The van der Waals surface area contributed by atoms with Crippen molar-refractivity contribution in [2.75, 3.05) is 45.1 Å². The van der Waals surface area contributed by atoms with Gasteiger partial charge in [-0.25, -0.2) is 8.42 Å². The molecule has 1 aliphatic heterocycles. The standard InChI is InChI=1S/C20H25N3O6S/c1-16-4-6-17(7-5-16)29-15-19(24)21-8-14-30(26,27)23-11-9-22(10-12-23)20(25)18-3-2-13-28-18/h2-7,13H,8-12,14-15H2,1H3,(H,21,24). The number of amides is 2. The van der Waals surface area contributed by atoms with Crippen molar-refractivity contribution in [1.29, 1.82) is 0 Å². The van der Waals surface area contributed by atoms with Crippen molar-refractivity contribution in [2.24, 2.45) is 0 Å². The Morgan fingerprint density at radius 2 is 1.80 bits per heavy atom. The lowest BCUT2D eigenvalue weighted by Crippen LogP contribution is -2.51. The molecule has 9 nitrogen and oxygen atoms in total. The zero-order valence-electron chi connectivity index (χ0n) is 16.7. The molecule has 0 aliphatic carbocycles. The van der Waals surface area contributed by atoms with Crippen LogP contribution in [0.25, 0.3) is 0 Å². The summed E-state index contributed by atoms with van der Waals surface area (Å²) in [6.07, 6.45) is 1.42. The Bertz CT molecular complexity index is 949. The maximum absolute atomic E-state index is 12.5. The summed E-state index contributed by atoms with van der Waals surface area (Å²) in [6, 6.07) is 10.5. The van der Waals surface area contributed by atoms with Crippen LogP contribution in [0.3, 0.4) is 0 Å². The number of carbonyl (C=O) groups is 2. The van der Waals surface area contributed by atoms with E-state index >= 15 is 0 Å². The summed E-state index contributed by atoms with van der Waals surface area (Å²) in [5, 5.41) is 2.56. The molecule has 0 spiro atoms. The number of hydrogen-bond donors (Lipinski definition) is 1. The van der Waals surface area contributed by atoms with E-state index in [-0.39, 0.29) is 62.7 Å². The number of aryl methyl sites for hydroxylation is 1. The Labute approximate surface area is 175 Å². The van der Waals surface area contributed by atoms with Gasteiger partial charge in [-0.05, 0) is 31.2 Å². The van der Waals surface area contributed by atoms with Gasteiger partial charge in [-0.2, -0.15) is 4.31 Å². The molecule has 2 amide bonds. The van der Waals surface area contributed by atoms with E-state index in [1.807, 2.05) is 19.1 Å². The van der Waals surface area contributed by atoms with Crippen LogP contribution in [-0.4, -0.2) is 74.5 Å². The van der Waals surface area contributed by atoms with Crippen LogP contribution in [0.4, 0.5) is 0 Å². The molecule has 1 aromatic carbocycles. The van der Waals surface area contributed by atoms with Crippen molar-refractivity contribution in [3.05, 3.63) is 54.0 Å². The molecular formula is C20H25N3O6S. The first-order chi connectivity index (χ1) is 14.3. The summed E-state index contributed by atoms with van der Waals surface area (Å²) in [4.78, 5) is 25.7. The fraction of sp³-hybridized carbons (Fsp3) is 0.400. The van der Waals surface area contributed by atoms with Crippen LogP contribution in [0.15, 0.2) is 47.1 Å². The highest BCUT2D eigenvalue weighted by atomic mass is 32.2. The van der Waals surface area contributed by atoms with Crippen LogP contribution in [0.2, 0.25) is 0 Å². The first kappa shape index (κ1) is 21.8. The van der Waals surface area contributed by atoms with E-state index in [1.165, 1.54) is 10.6 Å². The first-order valence-corrected chi connectivity index (χ1v) is 11.2. The van der Waals surface area contributed by atoms with Crippen molar-refractivity contribution >= 4 is 21.8 Å². The van der Waals surface area contributed by atoms with Gasteiger partial charge in [0.05, 0.1) is 12.0 Å². The predicted molar refractivity (Wildman–Crippen MR) is 110 cm³/mol. The van der Waals surface area contributed by atoms with Crippen LogP contribution in [-0.2, 0) is 14.8 Å². The molecule has 1 fully saturated rings. The van der Waals surface area contributed by atoms with Crippen molar-refractivity contribution in [3.8, 4) is 5.75 Å². The predicted octanol–water partition coefficient (Wildman–Crippen LogP) is 0.871. The molecule has 1 aromatic heterocycles. The van der Waals surface area contributed by atoms with Gasteiger partial charge in [0, 0.05) is 32.7 Å². The van der Waals surface area contributed by atoms with Crippen molar-refractivity contribution < 1.29 is 27.2 Å². The average molecular weight is 436 g/mol. The molecule has 0 radical (unpaired) electrons. The largest absolute Gasteiger partial charge is 0.484 e. The summed E-state index contributed by atoms with van der Waals surface area (Å²) in [6.45, 7) is 2.75. The monoisotopic (exact) mass is 435 g/mol. The maximum Gasteiger partial charge on any atom is 0.289 e. The third-order valence-electron chi connectivity index (χ3n) is 4.72. The third-order valence-corrected chi connectivity index (χ3v) is 6.60. The van der Waals surface area contributed by atoms with Gasteiger partial charge < -0.3 is 19.4 Å². The van der Waals surface area contributed by atoms with Gasteiger partial charge in [0.15, 0.2) is 12.4 Å². The lowest BCUT2D eigenvalue weighted by Gasteiger charge is -2.33. The molecular weight excluding hydrogens is 410 g/mol. The Hall–Kier alpha value is -2.85. The summed E-state index contributed by atoms with van der Waals surface area (Å²) in [5.74, 6) is -0.0418. The lowest BCUT2D eigenvalue weighted by atomic mass is 10.2. The lowest BCUT2D eigenvalue weighted by molar-refractivity contribution is -0.122. The van der Waals surface area contributed by atoms with Gasteiger partial charge in [-0.3, -0.25) is 9.59 Å². The molecule has 3 rings (SSSR count). The van der Waals surface area contributed by atoms with Gasteiger partial charge in [0.1, 0.15) is 5.75 Å².